The van der Waals surface area contributed by atoms with E-state index in [0.717, 1.165) is 53.5 Å². The van der Waals surface area contributed by atoms with Crippen LogP contribution in [0.2, 0.25) is 0 Å². The van der Waals surface area contributed by atoms with Gasteiger partial charge in [-0.25, -0.2) is 19.6 Å². The van der Waals surface area contributed by atoms with Crippen LogP contribution in [0.25, 0.3) is 22.2 Å². The highest BCUT2D eigenvalue weighted by Crippen LogP contribution is 2.48. The van der Waals surface area contributed by atoms with Crippen LogP contribution in [0, 0.1) is 11.8 Å². The van der Waals surface area contributed by atoms with Gasteiger partial charge in [-0.05, 0) is 109 Å². The molecule has 0 unspecified atom stereocenters. The molecule has 5 aromatic rings. The number of carbonyl (C=O) groups is 4. The Balaban J connectivity index is 1.09. The number of hydrogen-bond donors (Lipinski definition) is 2. The van der Waals surface area contributed by atoms with Crippen molar-refractivity contribution in [1.82, 2.24) is 30.4 Å². The van der Waals surface area contributed by atoms with Crippen LogP contribution in [-0.4, -0.2) is 83.2 Å². The van der Waals surface area contributed by atoms with Crippen LogP contribution in [-0.2, 0) is 24.5 Å². The SMILES string of the molecule is COC(=O)N[C@H](C(=O)N1CCC[C@H]1c1nc2ccc([C@H]3CC[C@H](c4ccc5nc([C@@H]6CCCN6C(=O)[C@@H](NC(=O)OC)C(C)C)oc5c4)N3c3ccc(C(C)(C)C)cc3)cc2o1)C(C)C. The third kappa shape index (κ3) is 9.11. The zero-order valence-electron chi connectivity index (χ0n) is 39.1. The standard InChI is InChI=1S/C50H63N7O8/c1-28(2)42(53-48(60)62-8)46(58)55-24-10-12-38(55)44-51-34-20-14-30(26-40(34)64-44)36-22-23-37(57(36)33-18-16-32(17-19-33)50(5,6)7)31-15-21-35-41(27-31)65-45(52-35)39-13-11-25-56(39)47(59)43(29(3)4)54-49(61)63-9/h14-21,26-29,36-39,42-43H,10-13,22-25H2,1-9H3,(H,53,60)(H,54,61)/t36-,37-,38+,39+,42+,43+/m1/s1. The molecule has 0 aliphatic carbocycles. The fourth-order valence-electron chi connectivity index (χ4n) is 9.91. The zero-order chi connectivity index (χ0) is 46.3. The Morgan fingerprint density at radius 2 is 1.06 bits per heavy atom. The maximum atomic E-state index is 13.9. The van der Waals surface area contributed by atoms with Gasteiger partial charge in [0.25, 0.3) is 0 Å². The molecule has 3 aliphatic heterocycles. The van der Waals surface area contributed by atoms with Crippen LogP contribution in [0.1, 0.15) is 140 Å². The van der Waals surface area contributed by atoms with Gasteiger partial charge in [0.15, 0.2) is 11.2 Å². The van der Waals surface area contributed by atoms with E-state index >= 15 is 0 Å². The molecule has 0 bridgehead atoms. The summed E-state index contributed by atoms with van der Waals surface area (Å²) >= 11 is 0. The zero-order valence-corrected chi connectivity index (χ0v) is 39.1. The summed E-state index contributed by atoms with van der Waals surface area (Å²) in [6.07, 6.45) is 3.48. The second kappa shape index (κ2) is 18.4. The average Bonchev–Trinajstić information content (AvgIpc) is 4.14. The number of ether oxygens (including phenoxy) is 2. The van der Waals surface area contributed by atoms with Gasteiger partial charge in [-0.3, -0.25) is 9.59 Å². The highest BCUT2D eigenvalue weighted by Gasteiger charge is 2.41. The number of amides is 4. The van der Waals surface area contributed by atoms with E-state index in [1.54, 1.807) is 9.80 Å². The lowest BCUT2D eigenvalue weighted by Gasteiger charge is -2.34. The first-order chi connectivity index (χ1) is 31.1. The number of fused-ring (bicyclic) bond motifs is 2. The van der Waals surface area contributed by atoms with Gasteiger partial charge in [-0.1, -0.05) is 72.7 Å². The van der Waals surface area contributed by atoms with Crippen molar-refractivity contribution < 1.29 is 37.5 Å². The minimum Gasteiger partial charge on any atom is -0.453 e. The van der Waals surface area contributed by atoms with Crippen molar-refractivity contribution in [3.8, 4) is 0 Å². The molecule has 0 saturated carbocycles. The Hall–Kier alpha value is -6.12. The molecule has 2 N–H and O–H groups in total. The van der Waals surface area contributed by atoms with Gasteiger partial charge in [-0.15, -0.1) is 0 Å². The van der Waals surface area contributed by atoms with E-state index in [9.17, 15) is 19.2 Å². The van der Waals surface area contributed by atoms with Crippen LogP contribution < -0.4 is 15.5 Å². The van der Waals surface area contributed by atoms with Crippen molar-refractivity contribution in [2.75, 3.05) is 32.2 Å². The molecule has 3 aromatic carbocycles. The van der Waals surface area contributed by atoms with Crippen LogP contribution >= 0.6 is 0 Å². The summed E-state index contributed by atoms with van der Waals surface area (Å²) < 4.78 is 22.7. The number of aromatic nitrogens is 2. The monoisotopic (exact) mass is 889 g/mol. The lowest BCUT2D eigenvalue weighted by molar-refractivity contribution is -0.136. The Labute approximate surface area is 380 Å². The molecule has 15 heteroatoms. The van der Waals surface area contributed by atoms with Crippen molar-refractivity contribution in [3.63, 3.8) is 0 Å². The van der Waals surface area contributed by atoms with Gasteiger partial charge in [0, 0.05) is 18.8 Å². The van der Waals surface area contributed by atoms with E-state index in [-0.39, 0.29) is 53.2 Å². The summed E-state index contributed by atoms with van der Waals surface area (Å²) in [4.78, 5) is 67.9. The molecule has 4 amide bonds. The predicted octanol–water partition coefficient (Wildman–Crippen LogP) is 9.44. The van der Waals surface area contributed by atoms with Crippen molar-refractivity contribution in [3.05, 3.63) is 89.1 Å². The number of rotatable bonds is 11. The first-order valence-corrected chi connectivity index (χ1v) is 23.1. The van der Waals surface area contributed by atoms with Gasteiger partial charge >= 0.3 is 12.2 Å². The topological polar surface area (TPSA) is 173 Å². The van der Waals surface area contributed by atoms with Gasteiger partial charge < -0.3 is 43.6 Å². The summed E-state index contributed by atoms with van der Waals surface area (Å²) in [5.74, 6) is 0.333. The lowest BCUT2D eigenvalue weighted by Crippen LogP contribution is -2.51. The smallest absolute Gasteiger partial charge is 0.407 e. The van der Waals surface area contributed by atoms with E-state index < -0.39 is 24.3 Å². The summed E-state index contributed by atoms with van der Waals surface area (Å²) in [7, 11) is 2.58. The maximum absolute atomic E-state index is 13.9. The summed E-state index contributed by atoms with van der Waals surface area (Å²) in [6, 6.07) is 19.2. The highest BCUT2D eigenvalue weighted by atomic mass is 16.5. The number of hydrogen-bond acceptors (Lipinski definition) is 11. The normalized spacial score (nSPS) is 21.1. The van der Waals surface area contributed by atoms with E-state index in [1.165, 1.54) is 19.8 Å². The summed E-state index contributed by atoms with van der Waals surface area (Å²) in [6.45, 7) is 15.3. The van der Waals surface area contributed by atoms with Gasteiger partial charge in [0.2, 0.25) is 23.6 Å². The quantitative estimate of drug-likeness (QED) is 0.129. The van der Waals surface area contributed by atoms with Crippen LogP contribution in [0.3, 0.4) is 0 Å². The van der Waals surface area contributed by atoms with E-state index in [4.69, 9.17) is 28.3 Å². The van der Waals surface area contributed by atoms with Crippen molar-refractivity contribution >= 4 is 51.9 Å². The number of anilines is 1. The van der Waals surface area contributed by atoms with Gasteiger partial charge in [0.1, 0.15) is 35.2 Å². The molecule has 8 rings (SSSR count). The van der Waals surface area contributed by atoms with E-state index in [2.05, 4.69) is 84.8 Å². The molecule has 2 aromatic heterocycles. The first-order valence-electron chi connectivity index (χ1n) is 23.1. The summed E-state index contributed by atoms with van der Waals surface area (Å²) in [5.41, 5.74) is 7.30. The predicted molar refractivity (Wildman–Crippen MR) is 246 cm³/mol. The van der Waals surface area contributed by atoms with Crippen molar-refractivity contribution in [2.45, 2.75) is 129 Å². The number of nitrogens with one attached hydrogen (secondary N) is 2. The fourth-order valence-corrected chi connectivity index (χ4v) is 9.91. The number of alkyl carbamates (subject to hydrolysis) is 2. The first kappa shape index (κ1) is 45.4. The molecule has 346 valence electrons. The molecule has 5 heterocycles. The van der Waals surface area contributed by atoms with E-state index in [0.29, 0.717) is 48.9 Å². The molecule has 3 saturated heterocycles. The number of likely N-dealkylation sites (tertiary alicyclic amines) is 2. The fraction of sp³-hybridized carbons (Fsp3) is 0.520. The molecule has 65 heavy (non-hydrogen) atoms. The van der Waals surface area contributed by atoms with Crippen molar-refractivity contribution in [2.24, 2.45) is 11.8 Å². The Kier molecular flexibility index (Phi) is 12.9. The number of methoxy groups -OCH3 is 2. The Morgan fingerprint density at radius 3 is 1.45 bits per heavy atom. The third-order valence-corrected chi connectivity index (χ3v) is 13.5. The Morgan fingerprint density at radius 1 is 0.631 bits per heavy atom. The van der Waals surface area contributed by atoms with Crippen LogP contribution in [0.5, 0.6) is 0 Å². The third-order valence-electron chi connectivity index (χ3n) is 13.5. The Bertz CT molecular complexity index is 2400. The molecular formula is C50H63N7O8. The molecule has 3 aliphatic rings. The molecule has 0 radical (unpaired) electrons. The maximum Gasteiger partial charge on any atom is 0.407 e. The molecule has 3 fully saturated rings. The molecule has 0 spiro atoms. The van der Waals surface area contributed by atoms with Crippen molar-refractivity contribution in [1.29, 1.82) is 0 Å². The van der Waals surface area contributed by atoms with Crippen LogP contribution in [0.15, 0.2) is 69.5 Å². The molecule has 6 atom stereocenters. The van der Waals surface area contributed by atoms with Gasteiger partial charge in [0.05, 0.1) is 26.3 Å². The molecule has 15 nitrogen and oxygen atoms in total. The lowest BCUT2D eigenvalue weighted by atomic mass is 9.87. The summed E-state index contributed by atoms with van der Waals surface area (Å²) in [5, 5.41) is 5.44. The second-order valence-corrected chi connectivity index (χ2v) is 19.5. The largest absolute Gasteiger partial charge is 0.453 e. The van der Waals surface area contributed by atoms with Crippen LogP contribution in [0.4, 0.5) is 15.3 Å². The second-order valence-electron chi connectivity index (χ2n) is 19.5. The number of oxazole rings is 2. The van der Waals surface area contributed by atoms with Gasteiger partial charge in [-0.2, -0.15) is 0 Å². The number of carbonyl (C=O) groups excluding carboxylic acids is 4. The minimum atomic E-state index is -0.737. The molecular weight excluding hydrogens is 827 g/mol. The highest BCUT2D eigenvalue weighted by molar-refractivity contribution is 5.87. The number of nitrogens with zero attached hydrogens (tertiary/aromatic N) is 5. The van der Waals surface area contributed by atoms with E-state index in [1.807, 2.05) is 39.8 Å². The average molecular weight is 890 g/mol. The number of benzene rings is 3. The minimum absolute atomic E-state index is 0.00531.